The van der Waals surface area contributed by atoms with Gasteiger partial charge in [0.05, 0.1) is 6.54 Å². The molecule has 43 heavy (non-hydrogen) atoms. The molecule has 2 fully saturated rings. The molecule has 1 saturated carbocycles. The van der Waals surface area contributed by atoms with Crippen LogP contribution in [0.5, 0.6) is 0 Å². The zero-order chi connectivity index (χ0) is 33.5. The fourth-order valence-electron chi connectivity index (χ4n) is 3.75. The number of nitrogens with two attached hydrogens (primary N) is 1. The normalized spacial score (nSPS) is 17.4. The van der Waals surface area contributed by atoms with Crippen LogP contribution in [0.1, 0.15) is 101 Å². The number of Topliss-reactive ketones (excluding diaryl/α,β-unsaturated/α-hetero) is 1. The second-order valence-electron chi connectivity index (χ2n) is 12.9. The van der Waals surface area contributed by atoms with E-state index in [9.17, 15) is 28.8 Å². The standard InChI is InChI=1S/C23H38N6O6S.C4H10.C3H8/c1-12(2)26-15(30)11-25-22(35)27-17(23(3,4)5)21(34)29-10-6-7-14(29)19(33)28-20(16(31)18(24)32)36-13-8-9-13;1-4(2)3;1-3-2/h12-14,17,20H,6-11H2,1-5H3,(H2,24,32)(H,26,30)(H,28,33)(H2,25,27,35);4H,1-3H3;3H2,1-2H3. The SMILES string of the molecule is CC(C)C.CC(C)NC(=O)CNC(=O)NC(C(=O)N1CCCC1C(=O)NC(SC1CC1)C(=O)C(N)=O)C(C)(C)C.CCC. The summed E-state index contributed by atoms with van der Waals surface area (Å²) in [6.07, 6.45) is 3.96. The Morgan fingerprint density at radius 2 is 1.44 bits per heavy atom. The first-order valence-corrected chi connectivity index (χ1v) is 16.2. The molecule has 12 nitrogen and oxygen atoms in total. The van der Waals surface area contributed by atoms with Gasteiger partial charge in [-0.1, -0.05) is 61.8 Å². The number of hydrogen-bond donors (Lipinski definition) is 5. The van der Waals surface area contributed by atoms with Gasteiger partial charge in [0.25, 0.3) is 11.7 Å². The van der Waals surface area contributed by atoms with Crippen LogP contribution >= 0.6 is 11.8 Å². The minimum atomic E-state index is -1.13. The Balaban J connectivity index is 0.00000227. The summed E-state index contributed by atoms with van der Waals surface area (Å²) in [4.78, 5) is 76.0. The van der Waals surface area contributed by atoms with Gasteiger partial charge in [-0.25, -0.2) is 4.79 Å². The number of urea groups is 1. The van der Waals surface area contributed by atoms with Crippen molar-refractivity contribution in [2.45, 2.75) is 130 Å². The second kappa shape index (κ2) is 19.4. The Labute approximate surface area is 262 Å². The summed E-state index contributed by atoms with van der Waals surface area (Å²) in [5.41, 5.74) is 4.45. The molecule has 3 atom stereocenters. The predicted octanol–water partition coefficient (Wildman–Crippen LogP) is 2.69. The van der Waals surface area contributed by atoms with Crippen LogP contribution in [0.4, 0.5) is 4.79 Å². The summed E-state index contributed by atoms with van der Waals surface area (Å²) in [7, 11) is 0. The molecule has 1 saturated heterocycles. The predicted molar refractivity (Wildman–Crippen MR) is 171 cm³/mol. The van der Waals surface area contributed by atoms with Gasteiger partial charge in [0.1, 0.15) is 17.5 Å². The quantitative estimate of drug-likeness (QED) is 0.172. The third kappa shape index (κ3) is 16.6. The number of hydrogen-bond acceptors (Lipinski definition) is 7. The molecule has 6 amide bonds. The minimum Gasteiger partial charge on any atom is -0.363 e. The van der Waals surface area contributed by atoms with Crippen molar-refractivity contribution in [3.8, 4) is 0 Å². The highest BCUT2D eigenvalue weighted by Gasteiger charge is 2.43. The van der Waals surface area contributed by atoms with E-state index in [2.05, 4.69) is 55.9 Å². The lowest BCUT2D eigenvalue weighted by Gasteiger charge is -2.35. The molecule has 3 unspecified atom stereocenters. The Bertz CT molecular complexity index is 945. The molecule has 0 radical (unpaired) electrons. The molecule has 13 heteroatoms. The summed E-state index contributed by atoms with van der Waals surface area (Å²) in [5.74, 6) is -2.54. The maximum absolute atomic E-state index is 13.5. The monoisotopic (exact) mass is 628 g/mol. The first-order valence-electron chi connectivity index (χ1n) is 15.3. The largest absolute Gasteiger partial charge is 0.363 e. The van der Waals surface area contributed by atoms with Crippen molar-refractivity contribution in [2.24, 2.45) is 17.1 Å². The number of primary amides is 1. The molecule has 1 aliphatic heterocycles. The molecular formula is C30H56N6O6S. The van der Waals surface area contributed by atoms with Gasteiger partial charge in [-0.15, -0.1) is 11.8 Å². The van der Waals surface area contributed by atoms with Gasteiger partial charge in [-0.3, -0.25) is 24.0 Å². The summed E-state index contributed by atoms with van der Waals surface area (Å²) in [6.45, 7) is 19.7. The van der Waals surface area contributed by atoms with Crippen LogP contribution in [0.3, 0.4) is 0 Å². The Morgan fingerprint density at radius 1 is 0.907 bits per heavy atom. The van der Waals surface area contributed by atoms with E-state index in [0.717, 1.165) is 18.8 Å². The fraction of sp³-hybridized carbons (Fsp3) is 0.800. The lowest BCUT2D eigenvalue weighted by molar-refractivity contribution is -0.142. The fourth-order valence-corrected chi connectivity index (χ4v) is 4.96. The molecule has 0 aromatic carbocycles. The second-order valence-corrected chi connectivity index (χ2v) is 14.3. The van der Waals surface area contributed by atoms with E-state index in [1.54, 1.807) is 34.6 Å². The van der Waals surface area contributed by atoms with Crippen LogP contribution in [0, 0.1) is 11.3 Å². The maximum atomic E-state index is 13.5. The lowest BCUT2D eigenvalue weighted by atomic mass is 9.85. The molecule has 2 rings (SSSR count). The first kappa shape index (κ1) is 40.2. The average Bonchev–Trinajstić information content (AvgIpc) is 3.54. The van der Waals surface area contributed by atoms with Crippen molar-refractivity contribution in [3.05, 3.63) is 0 Å². The number of thioether (sulfide) groups is 1. The van der Waals surface area contributed by atoms with Crippen molar-refractivity contribution in [1.29, 1.82) is 0 Å². The van der Waals surface area contributed by atoms with Crippen molar-refractivity contribution in [3.63, 3.8) is 0 Å². The summed E-state index contributed by atoms with van der Waals surface area (Å²) >= 11 is 1.19. The number of likely N-dealkylation sites (tertiary alicyclic amines) is 1. The highest BCUT2D eigenvalue weighted by molar-refractivity contribution is 8.01. The molecule has 6 N–H and O–H groups in total. The summed E-state index contributed by atoms with van der Waals surface area (Å²) in [5, 5.41) is 9.42. The zero-order valence-corrected chi connectivity index (χ0v) is 28.6. The van der Waals surface area contributed by atoms with Crippen LogP contribution in [0.15, 0.2) is 0 Å². The van der Waals surface area contributed by atoms with Gasteiger partial charge in [0.2, 0.25) is 17.7 Å². The van der Waals surface area contributed by atoms with Gasteiger partial charge in [0.15, 0.2) is 0 Å². The van der Waals surface area contributed by atoms with Crippen LogP contribution in [0.2, 0.25) is 0 Å². The highest BCUT2D eigenvalue weighted by Crippen LogP contribution is 2.36. The third-order valence-electron chi connectivity index (χ3n) is 5.69. The number of carbonyl (C=O) groups excluding carboxylic acids is 6. The van der Waals surface area contributed by atoms with Gasteiger partial charge in [0, 0.05) is 17.8 Å². The Hall–Kier alpha value is -2.83. The van der Waals surface area contributed by atoms with E-state index in [-0.39, 0.29) is 23.7 Å². The van der Waals surface area contributed by atoms with Crippen LogP contribution < -0.4 is 27.0 Å². The number of nitrogens with one attached hydrogen (secondary N) is 4. The average molecular weight is 629 g/mol. The van der Waals surface area contributed by atoms with Gasteiger partial charge in [-0.05, 0) is 50.9 Å². The lowest BCUT2D eigenvalue weighted by Crippen LogP contribution is -2.60. The highest BCUT2D eigenvalue weighted by atomic mass is 32.2. The van der Waals surface area contributed by atoms with Crippen molar-refractivity contribution < 1.29 is 28.8 Å². The Kier molecular flexibility index (Phi) is 18.2. The van der Waals surface area contributed by atoms with Gasteiger partial charge >= 0.3 is 6.03 Å². The molecule has 1 aliphatic carbocycles. The summed E-state index contributed by atoms with van der Waals surface area (Å²) < 4.78 is 0. The molecule has 1 heterocycles. The van der Waals surface area contributed by atoms with E-state index >= 15 is 0 Å². The van der Waals surface area contributed by atoms with Crippen LogP contribution in [-0.4, -0.2) is 82.2 Å². The topological polar surface area (TPSA) is 180 Å². The zero-order valence-electron chi connectivity index (χ0n) is 27.8. The van der Waals surface area contributed by atoms with E-state index in [4.69, 9.17) is 5.73 Å². The molecule has 0 bridgehead atoms. The molecule has 0 spiro atoms. The van der Waals surface area contributed by atoms with Crippen LogP contribution in [0.25, 0.3) is 0 Å². The number of rotatable bonds is 11. The van der Waals surface area contributed by atoms with Crippen LogP contribution in [-0.2, 0) is 24.0 Å². The number of nitrogens with zero attached hydrogens (tertiary/aromatic N) is 1. The maximum Gasteiger partial charge on any atom is 0.315 e. The van der Waals surface area contributed by atoms with Gasteiger partial charge in [-0.2, -0.15) is 0 Å². The van der Waals surface area contributed by atoms with Crippen molar-refractivity contribution in [1.82, 2.24) is 26.2 Å². The molecule has 248 valence electrons. The molecular weight excluding hydrogens is 572 g/mol. The minimum absolute atomic E-state index is 0.0787. The number of ketones is 1. The number of amides is 6. The Morgan fingerprint density at radius 3 is 1.88 bits per heavy atom. The third-order valence-corrected chi connectivity index (χ3v) is 7.15. The van der Waals surface area contributed by atoms with Crippen molar-refractivity contribution in [2.75, 3.05) is 13.1 Å². The summed E-state index contributed by atoms with van der Waals surface area (Å²) in [6, 6.07) is -2.60. The van der Waals surface area contributed by atoms with Gasteiger partial charge < -0.3 is 31.9 Å². The molecule has 2 aliphatic rings. The number of carbonyl (C=O) groups is 6. The van der Waals surface area contributed by atoms with E-state index in [0.29, 0.717) is 19.4 Å². The van der Waals surface area contributed by atoms with E-state index in [1.165, 1.54) is 23.1 Å². The molecule has 0 aromatic heterocycles. The van der Waals surface area contributed by atoms with E-state index in [1.807, 2.05) is 0 Å². The van der Waals surface area contributed by atoms with Crippen molar-refractivity contribution >= 4 is 47.2 Å². The van der Waals surface area contributed by atoms with E-state index < -0.39 is 52.4 Å². The first-order chi connectivity index (χ1) is 19.8. The smallest absolute Gasteiger partial charge is 0.315 e. The molecule has 0 aromatic rings.